The molecule has 0 radical (unpaired) electrons. The van der Waals surface area contributed by atoms with E-state index in [1.165, 1.54) is 34.1 Å². The van der Waals surface area contributed by atoms with Crippen LogP contribution in [0.2, 0.25) is 5.02 Å². The second-order valence-electron chi connectivity index (χ2n) is 11.8. The maximum absolute atomic E-state index is 12.2. The maximum Gasteiger partial charge on any atom is 0.303 e. The summed E-state index contributed by atoms with van der Waals surface area (Å²) in [5, 5.41) is 0.518. The van der Waals surface area contributed by atoms with Gasteiger partial charge in [-0.3, -0.25) is 19.2 Å². The van der Waals surface area contributed by atoms with E-state index < -0.39 is 54.4 Å². The zero-order valence-electron chi connectivity index (χ0n) is 25.2. The lowest BCUT2D eigenvalue weighted by atomic mass is 9.89. The molecule has 2 saturated carbocycles. The molecule has 2 aromatic rings. The van der Waals surface area contributed by atoms with E-state index >= 15 is 0 Å². The summed E-state index contributed by atoms with van der Waals surface area (Å²) < 4.78 is 34.4. The summed E-state index contributed by atoms with van der Waals surface area (Å²) in [7, 11) is 0. The zero-order chi connectivity index (χ0) is 31.5. The molecule has 11 heteroatoms. The molecule has 1 heterocycles. The van der Waals surface area contributed by atoms with Crippen LogP contribution in [0.3, 0.4) is 0 Å². The van der Waals surface area contributed by atoms with Crippen molar-refractivity contribution in [2.75, 3.05) is 6.61 Å². The smallest absolute Gasteiger partial charge is 0.303 e. The summed E-state index contributed by atoms with van der Waals surface area (Å²) in [6.45, 7) is 4.51. The van der Waals surface area contributed by atoms with Crippen molar-refractivity contribution >= 4 is 35.5 Å². The lowest BCUT2D eigenvalue weighted by molar-refractivity contribution is -0.254. The average molecular weight is 629 g/mol. The zero-order valence-corrected chi connectivity index (χ0v) is 25.9. The molecular weight excluding hydrogens is 592 g/mol. The summed E-state index contributed by atoms with van der Waals surface area (Å²) in [4.78, 5) is 48.1. The Balaban J connectivity index is 1.41. The van der Waals surface area contributed by atoms with E-state index in [-0.39, 0.29) is 12.7 Å². The van der Waals surface area contributed by atoms with Gasteiger partial charge in [-0.25, -0.2) is 0 Å². The first-order valence-corrected chi connectivity index (χ1v) is 15.2. The molecule has 2 aliphatic carbocycles. The van der Waals surface area contributed by atoms with Gasteiger partial charge in [0.05, 0.1) is 6.10 Å². The number of hydrogen-bond donors (Lipinski definition) is 0. The van der Waals surface area contributed by atoms with Crippen molar-refractivity contribution in [3.63, 3.8) is 0 Å². The molecule has 10 nitrogen and oxygen atoms in total. The van der Waals surface area contributed by atoms with Crippen molar-refractivity contribution in [2.45, 2.75) is 90.0 Å². The number of halogens is 1. The summed E-state index contributed by atoms with van der Waals surface area (Å²) >= 11 is 6.62. The number of rotatable bonds is 10. The molecule has 0 amide bonds. The van der Waals surface area contributed by atoms with Gasteiger partial charge >= 0.3 is 23.9 Å². The minimum atomic E-state index is -1.25. The van der Waals surface area contributed by atoms with E-state index in [9.17, 15) is 19.2 Å². The molecule has 3 aliphatic rings. The highest BCUT2D eigenvalue weighted by Gasteiger charge is 2.52. The SMILES string of the molecule is CC(=O)OC[C@@H]1O[C@H](c2ccc(Cl)c(Cc3ccc(OC4C[C@@H]5C[C@@H]5C4)cc3)c2)[C@@H](OC(C)=O)[C@H](OC(C)=O)[C@H]1OC(C)=O. The van der Waals surface area contributed by atoms with Crippen molar-refractivity contribution in [2.24, 2.45) is 11.8 Å². The summed E-state index contributed by atoms with van der Waals surface area (Å²) in [6.07, 6.45) is -1.31. The van der Waals surface area contributed by atoms with Crippen LogP contribution in [0, 0.1) is 11.8 Å². The van der Waals surface area contributed by atoms with Crippen molar-refractivity contribution in [3.8, 4) is 5.75 Å². The fourth-order valence-corrected chi connectivity index (χ4v) is 6.44. The fraction of sp³-hybridized carbons (Fsp3) is 0.515. The minimum Gasteiger partial charge on any atom is -0.490 e. The molecule has 2 aromatic carbocycles. The molecule has 1 saturated heterocycles. The molecule has 3 fully saturated rings. The third-order valence-corrected chi connectivity index (χ3v) is 8.58. The summed E-state index contributed by atoms with van der Waals surface area (Å²) in [5.41, 5.74) is 2.36. The van der Waals surface area contributed by atoms with E-state index in [4.69, 9.17) is 40.0 Å². The van der Waals surface area contributed by atoms with Gasteiger partial charge in [-0.2, -0.15) is 0 Å². The van der Waals surface area contributed by atoms with E-state index in [1.54, 1.807) is 12.1 Å². The Hall–Kier alpha value is -3.63. The first-order chi connectivity index (χ1) is 21.0. The van der Waals surface area contributed by atoms with Gasteiger partial charge in [-0.1, -0.05) is 35.9 Å². The van der Waals surface area contributed by atoms with Crippen LogP contribution in [0.5, 0.6) is 5.75 Å². The first kappa shape index (κ1) is 31.8. The van der Waals surface area contributed by atoms with Gasteiger partial charge < -0.3 is 28.4 Å². The maximum atomic E-state index is 12.2. The van der Waals surface area contributed by atoms with Gasteiger partial charge in [0.15, 0.2) is 18.3 Å². The lowest BCUT2D eigenvalue weighted by Gasteiger charge is -2.44. The molecule has 5 rings (SSSR count). The van der Waals surface area contributed by atoms with Crippen LogP contribution in [0.4, 0.5) is 0 Å². The molecular formula is C33H37ClO10. The number of esters is 4. The first-order valence-electron chi connectivity index (χ1n) is 14.8. The van der Waals surface area contributed by atoms with Crippen LogP contribution in [0.15, 0.2) is 42.5 Å². The van der Waals surface area contributed by atoms with Crippen molar-refractivity contribution < 1.29 is 47.6 Å². The van der Waals surface area contributed by atoms with Gasteiger partial charge in [-0.05, 0) is 72.4 Å². The highest BCUT2D eigenvalue weighted by molar-refractivity contribution is 6.31. The lowest BCUT2D eigenvalue weighted by Crippen LogP contribution is -2.59. The molecule has 0 bridgehead atoms. The molecule has 0 aromatic heterocycles. The largest absolute Gasteiger partial charge is 0.490 e. The predicted molar refractivity (Wildman–Crippen MR) is 157 cm³/mol. The highest BCUT2D eigenvalue weighted by Crippen LogP contribution is 2.52. The van der Waals surface area contributed by atoms with E-state index in [1.807, 2.05) is 30.3 Å². The van der Waals surface area contributed by atoms with Gasteiger partial charge in [0.1, 0.15) is 24.6 Å². The standard InChI is InChI=1S/C33H37ClO10/c1-17(35)39-16-29-31(40-18(2)36)33(42-20(4)38)32(41-19(3)37)30(44-29)22-7-10-28(34)25(12-22)11-21-5-8-26(9-6-21)43-27-14-23-13-24(23)15-27/h5-10,12,23-24,27,29-33H,11,13-16H2,1-4H3/t23-,24+,27?,29-,30+,31-,32+,33+/m0/s1. The number of ether oxygens (including phenoxy) is 6. The van der Waals surface area contributed by atoms with Crippen molar-refractivity contribution in [1.29, 1.82) is 0 Å². The van der Waals surface area contributed by atoms with Crippen molar-refractivity contribution in [3.05, 3.63) is 64.2 Å². The van der Waals surface area contributed by atoms with Crippen LogP contribution < -0.4 is 4.74 Å². The second-order valence-corrected chi connectivity index (χ2v) is 12.2. The molecule has 0 N–H and O–H groups in total. The third-order valence-electron chi connectivity index (χ3n) is 8.21. The Bertz CT molecular complexity index is 1380. The number of fused-ring (bicyclic) bond motifs is 1. The topological polar surface area (TPSA) is 124 Å². The summed E-state index contributed by atoms with van der Waals surface area (Å²) in [5.74, 6) is -0.0850. The average Bonchev–Trinajstić information content (AvgIpc) is 3.56. The normalized spacial score (nSPS) is 28.8. The van der Waals surface area contributed by atoms with E-state index in [0.29, 0.717) is 17.0 Å². The Kier molecular flexibility index (Phi) is 9.80. The predicted octanol–water partition coefficient (Wildman–Crippen LogP) is 4.91. The van der Waals surface area contributed by atoms with Crippen LogP contribution in [0.25, 0.3) is 0 Å². The third kappa shape index (κ3) is 7.90. The summed E-state index contributed by atoms with van der Waals surface area (Å²) in [6, 6.07) is 13.2. The second kappa shape index (κ2) is 13.6. The van der Waals surface area contributed by atoms with E-state index in [0.717, 1.165) is 41.6 Å². The van der Waals surface area contributed by atoms with Crippen LogP contribution in [0.1, 0.15) is 69.8 Å². The Morgan fingerprint density at radius 1 is 0.773 bits per heavy atom. The highest BCUT2D eigenvalue weighted by atomic mass is 35.5. The van der Waals surface area contributed by atoms with Gasteiger partial charge in [0, 0.05) is 32.7 Å². The Labute approximate surface area is 261 Å². The van der Waals surface area contributed by atoms with Gasteiger partial charge in [0.25, 0.3) is 0 Å². The molecule has 1 unspecified atom stereocenters. The monoisotopic (exact) mass is 628 g/mol. The molecule has 0 spiro atoms. The Morgan fingerprint density at radius 3 is 2.00 bits per heavy atom. The van der Waals surface area contributed by atoms with Gasteiger partial charge in [-0.15, -0.1) is 0 Å². The van der Waals surface area contributed by atoms with Crippen molar-refractivity contribution in [1.82, 2.24) is 0 Å². The van der Waals surface area contributed by atoms with E-state index in [2.05, 4.69) is 0 Å². The number of carbonyl (C=O) groups excluding carboxylic acids is 4. The minimum absolute atomic E-state index is 0.289. The molecule has 8 atom stereocenters. The Morgan fingerprint density at radius 2 is 1.39 bits per heavy atom. The molecule has 1 aliphatic heterocycles. The van der Waals surface area contributed by atoms with Crippen LogP contribution >= 0.6 is 11.6 Å². The molecule has 44 heavy (non-hydrogen) atoms. The fourth-order valence-electron chi connectivity index (χ4n) is 6.26. The van der Waals surface area contributed by atoms with Crippen LogP contribution in [-0.2, 0) is 49.3 Å². The number of carbonyl (C=O) groups is 4. The van der Waals surface area contributed by atoms with Gasteiger partial charge in [0.2, 0.25) is 0 Å². The quantitative estimate of drug-likeness (QED) is 0.265. The number of hydrogen-bond acceptors (Lipinski definition) is 10. The van der Waals surface area contributed by atoms with Crippen LogP contribution in [-0.4, -0.2) is 61.0 Å². The molecule has 236 valence electrons. The number of benzene rings is 2.